The summed E-state index contributed by atoms with van der Waals surface area (Å²) in [5, 5.41) is 4.55. The first-order chi connectivity index (χ1) is 10.1. The molecule has 3 N–H and O–H groups in total. The quantitative estimate of drug-likeness (QED) is 0.580. The molecule has 21 heavy (non-hydrogen) atoms. The minimum Gasteiger partial charge on any atom is -0.297 e. The van der Waals surface area contributed by atoms with E-state index in [-0.39, 0.29) is 11.0 Å². The van der Waals surface area contributed by atoms with Crippen molar-refractivity contribution in [3.63, 3.8) is 0 Å². The van der Waals surface area contributed by atoms with Crippen LogP contribution in [-0.2, 0) is 0 Å². The summed E-state index contributed by atoms with van der Waals surface area (Å²) in [5.41, 5.74) is 5.12. The molecule has 0 aliphatic heterocycles. The average Bonchev–Trinajstić information content (AvgIpc) is 2.99. The number of amides is 2. The lowest BCUT2D eigenvalue weighted by Gasteiger charge is -2.10. The molecule has 0 fully saturated rings. The maximum atomic E-state index is 11.9. The Morgan fingerprint density at radius 1 is 1.05 bits per heavy atom. The van der Waals surface area contributed by atoms with Crippen LogP contribution in [0, 0.1) is 0 Å². The van der Waals surface area contributed by atoms with Crippen LogP contribution in [0.4, 0.5) is 0 Å². The number of benzene rings is 1. The number of rotatable bonds is 2. The number of thiocarbonyl (C=S) groups is 1. The Hall–Kier alpha value is -1.96. The Morgan fingerprint density at radius 3 is 2.48 bits per heavy atom. The molecule has 1 aromatic carbocycles. The van der Waals surface area contributed by atoms with Crippen LogP contribution >= 0.6 is 35.2 Å². The fourth-order valence-corrected chi connectivity index (χ4v) is 2.41. The van der Waals surface area contributed by atoms with Crippen molar-refractivity contribution in [3.05, 3.63) is 57.2 Å². The van der Waals surface area contributed by atoms with Crippen molar-refractivity contribution in [3.8, 4) is 0 Å². The summed E-state index contributed by atoms with van der Waals surface area (Å²) in [6.45, 7) is 0. The summed E-state index contributed by atoms with van der Waals surface area (Å²) in [5.74, 6) is -0.789. The highest BCUT2D eigenvalue weighted by Gasteiger charge is 2.11. The second kappa shape index (κ2) is 7.16. The molecule has 5 nitrogen and oxygen atoms in total. The number of halogens is 1. The number of hydrogen-bond acceptors (Lipinski definition) is 4. The van der Waals surface area contributed by atoms with E-state index in [1.807, 2.05) is 0 Å². The predicted molar refractivity (Wildman–Crippen MR) is 86.4 cm³/mol. The summed E-state index contributed by atoms with van der Waals surface area (Å²) in [6, 6.07) is 10.0. The van der Waals surface area contributed by atoms with Crippen LogP contribution in [-0.4, -0.2) is 16.9 Å². The number of carbonyl (C=O) groups is 2. The van der Waals surface area contributed by atoms with Gasteiger partial charge in [0.15, 0.2) is 5.11 Å². The van der Waals surface area contributed by atoms with E-state index < -0.39 is 5.91 Å². The SMILES string of the molecule is O=C(NC(=S)NNC(=O)c1ccccc1Cl)c1cccs1. The van der Waals surface area contributed by atoms with Gasteiger partial charge in [-0.2, -0.15) is 0 Å². The van der Waals surface area contributed by atoms with Crippen LogP contribution in [0.25, 0.3) is 0 Å². The van der Waals surface area contributed by atoms with E-state index >= 15 is 0 Å². The lowest BCUT2D eigenvalue weighted by atomic mass is 10.2. The van der Waals surface area contributed by atoms with Gasteiger partial charge >= 0.3 is 0 Å². The van der Waals surface area contributed by atoms with E-state index in [4.69, 9.17) is 23.8 Å². The van der Waals surface area contributed by atoms with E-state index in [1.165, 1.54) is 11.3 Å². The number of hydrogen-bond donors (Lipinski definition) is 3. The molecular formula is C13H10ClN3O2S2. The van der Waals surface area contributed by atoms with Gasteiger partial charge in [-0.1, -0.05) is 29.8 Å². The summed E-state index contributed by atoms with van der Waals surface area (Å²) >= 11 is 12.1. The first-order valence-corrected chi connectivity index (χ1v) is 7.44. The molecule has 0 bridgehead atoms. The molecule has 108 valence electrons. The standard InChI is InChI=1S/C13H10ClN3O2S2/c14-9-5-2-1-4-8(9)11(18)16-17-13(20)15-12(19)10-6-3-7-21-10/h1-7H,(H,16,18)(H2,15,17,19,20). The molecule has 2 rings (SSSR count). The lowest BCUT2D eigenvalue weighted by molar-refractivity contribution is 0.0935. The Morgan fingerprint density at radius 2 is 1.81 bits per heavy atom. The van der Waals surface area contributed by atoms with Crippen molar-refractivity contribution >= 4 is 52.1 Å². The molecule has 0 aliphatic rings. The topological polar surface area (TPSA) is 70.2 Å². The second-order valence-corrected chi connectivity index (χ2v) is 5.58. The van der Waals surface area contributed by atoms with Crippen LogP contribution in [0.3, 0.4) is 0 Å². The van der Waals surface area contributed by atoms with Crippen molar-refractivity contribution in [1.29, 1.82) is 0 Å². The van der Waals surface area contributed by atoms with Crippen LogP contribution < -0.4 is 16.2 Å². The molecule has 0 radical (unpaired) electrons. The van der Waals surface area contributed by atoms with Crippen molar-refractivity contribution in [1.82, 2.24) is 16.2 Å². The third-order valence-corrected chi connectivity index (χ3v) is 3.78. The van der Waals surface area contributed by atoms with Crippen molar-refractivity contribution < 1.29 is 9.59 Å². The third kappa shape index (κ3) is 4.25. The van der Waals surface area contributed by atoms with Gasteiger partial charge in [0.2, 0.25) is 0 Å². The number of nitrogens with one attached hydrogen (secondary N) is 3. The number of carbonyl (C=O) groups excluding carboxylic acids is 2. The lowest BCUT2D eigenvalue weighted by Crippen LogP contribution is -2.48. The minimum absolute atomic E-state index is 0.00574. The van der Waals surface area contributed by atoms with Gasteiger partial charge in [0, 0.05) is 0 Å². The fourth-order valence-electron chi connectivity index (χ4n) is 1.43. The third-order valence-electron chi connectivity index (χ3n) is 2.38. The van der Waals surface area contributed by atoms with Crippen LogP contribution in [0.5, 0.6) is 0 Å². The van der Waals surface area contributed by atoms with Crippen molar-refractivity contribution in [2.45, 2.75) is 0 Å². The van der Waals surface area contributed by atoms with Gasteiger partial charge in [0.25, 0.3) is 11.8 Å². The zero-order valence-electron chi connectivity index (χ0n) is 10.6. The van der Waals surface area contributed by atoms with Gasteiger partial charge < -0.3 is 0 Å². The second-order valence-electron chi connectivity index (χ2n) is 3.82. The van der Waals surface area contributed by atoms with Crippen LogP contribution in [0.1, 0.15) is 20.0 Å². The van der Waals surface area contributed by atoms with Crippen LogP contribution in [0.15, 0.2) is 41.8 Å². The van der Waals surface area contributed by atoms with E-state index in [2.05, 4.69) is 16.2 Å². The maximum absolute atomic E-state index is 11.9. The smallest absolute Gasteiger partial charge is 0.271 e. The Kier molecular flexibility index (Phi) is 5.26. The van der Waals surface area contributed by atoms with E-state index in [0.717, 1.165) is 0 Å². The van der Waals surface area contributed by atoms with Gasteiger partial charge in [-0.15, -0.1) is 11.3 Å². The first-order valence-electron chi connectivity index (χ1n) is 5.77. The van der Waals surface area contributed by atoms with E-state index in [0.29, 0.717) is 15.5 Å². The summed E-state index contributed by atoms with van der Waals surface area (Å²) in [7, 11) is 0. The first kappa shape index (κ1) is 15.4. The maximum Gasteiger partial charge on any atom is 0.271 e. The van der Waals surface area contributed by atoms with Gasteiger partial charge in [0.1, 0.15) is 0 Å². The highest BCUT2D eigenvalue weighted by atomic mass is 35.5. The molecule has 0 spiro atoms. The molecule has 2 aromatic rings. The van der Waals surface area contributed by atoms with Crippen molar-refractivity contribution in [2.24, 2.45) is 0 Å². The normalized spacial score (nSPS) is 9.76. The molecule has 0 atom stereocenters. The summed E-state index contributed by atoms with van der Waals surface area (Å²) in [6.07, 6.45) is 0. The molecular weight excluding hydrogens is 330 g/mol. The molecule has 0 saturated carbocycles. The molecule has 8 heteroatoms. The summed E-state index contributed by atoms with van der Waals surface area (Å²) in [4.78, 5) is 24.1. The molecule has 0 saturated heterocycles. The Bertz CT molecular complexity index is 674. The molecule has 0 aliphatic carbocycles. The molecule has 1 heterocycles. The zero-order valence-corrected chi connectivity index (χ0v) is 12.9. The predicted octanol–water partition coefficient (Wildman–Crippen LogP) is 2.35. The molecule has 2 amide bonds. The monoisotopic (exact) mass is 339 g/mol. The highest BCUT2D eigenvalue weighted by Crippen LogP contribution is 2.14. The molecule has 1 aromatic heterocycles. The highest BCUT2D eigenvalue weighted by molar-refractivity contribution is 7.80. The van der Waals surface area contributed by atoms with Gasteiger partial charge in [-0.3, -0.25) is 25.8 Å². The Balaban J connectivity index is 1.86. The largest absolute Gasteiger partial charge is 0.297 e. The van der Waals surface area contributed by atoms with E-state index in [9.17, 15) is 9.59 Å². The summed E-state index contributed by atoms with van der Waals surface area (Å²) < 4.78 is 0. The van der Waals surface area contributed by atoms with Gasteiger partial charge in [-0.05, 0) is 35.8 Å². The number of hydrazine groups is 1. The van der Waals surface area contributed by atoms with E-state index in [1.54, 1.807) is 41.8 Å². The Labute approximate surface area is 135 Å². The van der Waals surface area contributed by atoms with Gasteiger partial charge in [-0.25, -0.2) is 0 Å². The molecule has 0 unspecified atom stereocenters. The number of thiophene rings is 1. The fraction of sp³-hybridized carbons (Fsp3) is 0. The van der Waals surface area contributed by atoms with Crippen molar-refractivity contribution in [2.75, 3.05) is 0 Å². The minimum atomic E-state index is -0.451. The average molecular weight is 340 g/mol. The zero-order chi connectivity index (χ0) is 15.2. The van der Waals surface area contributed by atoms with Gasteiger partial charge in [0.05, 0.1) is 15.5 Å². The van der Waals surface area contributed by atoms with Crippen LogP contribution in [0.2, 0.25) is 5.02 Å².